The van der Waals surface area contributed by atoms with Crippen LogP contribution in [0.4, 0.5) is 8.78 Å². The molecule has 1 aromatic rings. The monoisotopic (exact) mass is 213 g/mol. The fourth-order valence-corrected chi connectivity index (χ4v) is 1.60. The van der Waals surface area contributed by atoms with Gasteiger partial charge in [-0.3, -0.25) is 0 Å². The minimum absolute atomic E-state index is 0.0279. The molecule has 0 radical (unpaired) electrons. The molecule has 1 rings (SSSR count). The Labute approximate surface area is 89.3 Å². The van der Waals surface area contributed by atoms with Crippen LogP contribution in [0.1, 0.15) is 32.3 Å². The lowest BCUT2D eigenvalue weighted by Gasteiger charge is -2.23. The summed E-state index contributed by atoms with van der Waals surface area (Å²) >= 11 is 0. The summed E-state index contributed by atoms with van der Waals surface area (Å²) in [6, 6.07) is 3.91. The van der Waals surface area contributed by atoms with E-state index in [0.29, 0.717) is 5.92 Å². The molecule has 2 atom stereocenters. The van der Waals surface area contributed by atoms with Gasteiger partial charge < -0.3 is 5.73 Å². The summed E-state index contributed by atoms with van der Waals surface area (Å²) in [6.45, 7) is 5.96. The van der Waals surface area contributed by atoms with Gasteiger partial charge >= 0.3 is 0 Å². The third-order valence-electron chi connectivity index (χ3n) is 2.82. The second-order valence-electron chi connectivity index (χ2n) is 4.28. The fraction of sp³-hybridized carbons (Fsp3) is 0.500. The van der Waals surface area contributed by atoms with Crippen LogP contribution in [0.15, 0.2) is 18.2 Å². The minimum atomic E-state index is -0.816. The first-order valence-corrected chi connectivity index (χ1v) is 5.14. The van der Waals surface area contributed by atoms with Crippen molar-refractivity contribution < 1.29 is 8.78 Å². The zero-order chi connectivity index (χ0) is 11.6. The maximum atomic E-state index is 13.0. The van der Waals surface area contributed by atoms with Crippen molar-refractivity contribution in [3.05, 3.63) is 35.4 Å². The van der Waals surface area contributed by atoms with Crippen molar-refractivity contribution in [2.75, 3.05) is 0 Å². The average molecular weight is 213 g/mol. The average Bonchev–Trinajstić information content (AvgIpc) is 2.19. The maximum absolute atomic E-state index is 13.0. The van der Waals surface area contributed by atoms with Crippen molar-refractivity contribution in [2.24, 2.45) is 11.7 Å². The first kappa shape index (κ1) is 12.1. The maximum Gasteiger partial charge on any atom is 0.159 e. The van der Waals surface area contributed by atoms with E-state index in [1.54, 1.807) is 6.07 Å². The first-order valence-electron chi connectivity index (χ1n) is 5.14. The number of hydrogen-bond donors (Lipinski definition) is 1. The molecule has 0 saturated heterocycles. The highest BCUT2D eigenvalue weighted by atomic mass is 19.2. The van der Waals surface area contributed by atoms with Crippen molar-refractivity contribution in [3.8, 4) is 0 Å². The Morgan fingerprint density at radius 3 is 2.13 bits per heavy atom. The Balaban J connectivity index is 2.91. The van der Waals surface area contributed by atoms with Crippen molar-refractivity contribution in [3.63, 3.8) is 0 Å². The van der Waals surface area contributed by atoms with Gasteiger partial charge in [0.05, 0.1) is 0 Å². The zero-order valence-corrected chi connectivity index (χ0v) is 9.30. The standard InChI is InChI=1S/C12H17F2N/c1-7(2)12(15)8(3)9-4-5-10(13)11(14)6-9/h4-8,12H,15H2,1-3H3. The van der Waals surface area contributed by atoms with Gasteiger partial charge in [-0.15, -0.1) is 0 Å². The van der Waals surface area contributed by atoms with Gasteiger partial charge in [0, 0.05) is 6.04 Å². The largest absolute Gasteiger partial charge is 0.327 e. The highest BCUT2D eigenvalue weighted by Crippen LogP contribution is 2.23. The highest BCUT2D eigenvalue weighted by molar-refractivity contribution is 5.22. The number of benzene rings is 1. The Morgan fingerprint density at radius 1 is 1.07 bits per heavy atom. The Morgan fingerprint density at radius 2 is 1.67 bits per heavy atom. The lowest BCUT2D eigenvalue weighted by atomic mass is 9.87. The molecule has 84 valence electrons. The second-order valence-corrected chi connectivity index (χ2v) is 4.28. The zero-order valence-electron chi connectivity index (χ0n) is 9.30. The molecule has 2 N–H and O–H groups in total. The van der Waals surface area contributed by atoms with Gasteiger partial charge in [-0.2, -0.15) is 0 Å². The predicted molar refractivity (Wildman–Crippen MR) is 57.6 cm³/mol. The van der Waals surface area contributed by atoms with Crippen LogP contribution < -0.4 is 5.73 Å². The van der Waals surface area contributed by atoms with Gasteiger partial charge in [0.2, 0.25) is 0 Å². The molecule has 0 amide bonds. The van der Waals surface area contributed by atoms with Crippen LogP contribution >= 0.6 is 0 Å². The molecular formula is C12H17F2N. The van der Waals surface area contributed by atoms with Crippen LogP contribution in [-0.4, -0.2) is 6.04 Å². The molecule has 0 aromatic heterocycles. The van der Waals surface area contributed by atoms with Gasteiger partial charge in [-0.05, 0) is 29.5 Å². The summed E-state index contributed by atoms with van der Waals surface area (Å²) in [5, 5.41) is 0. The summed E-state index contributed by atoms with van der Waals surface area (Å²) in [7, 11) is 0. The van der Waals surface area contributed by atoms with Crippen LogP contribution in [0.3, 0.4) is 0 Å². The molecule has 1 aromatic carbocycles. The third kappa shape index (κ3) is 2.75. The van der Waals surface area contributed by atoms with Gasteiger partial charge in [0.15, 0.2) is 11.6 Å². The van der Waals surface area contributed by atoms with E-state index in [1.807, 2.05) is 20.8 Å². The summed E-state index contributed by atoms with van der Waals surface area (Å²) in [4.78, 5) is 0. The topological polar surface area (TPSA) is 26.0 Å². The quantitative estimate of drug-likeness (QED) is 0.820. The van der Waals surface area contributed by atoms with Crippen molar-refractivity contribution in [1.82, 2.24) is 0 Å². The molecule has 1 nitrogen and oxygen atoms in total. The molecule has 0 saturated carbocycles. The summed E-state index contributed by atoms with van der Waals surface area (Å²) in [5.41, 5.74) is 6.71. The molecule has 0 fully saturated rings. The van der Waals surface area contributed by atoms with E-state index < -0.39 is 11.6 Å². The summed E-state index contributed by atoms with van der Waals surface area (Å²) in [5.74, 6) is -1.28. The van der Waals surface area contributed by atoms with E-state index >= 15 is 0 Å². The highest BCUT2D eigenvalue weighted by Gasteiger charge is 2.18. The Bertz CT molecular complexity index is 336. The molecule has 0 bridgehead atoms. The van der Waals surface area contributed by atoms with Crippen LogP contribution in [0, 0.1) is 17.6 Å². The molecule has 0 heterocycles. The van der Waals surface area contributed by atoms with Crippen molar-refractivity contribution in [2.45, 2.75) is 32.7 Å². The molecular weight excluding hydrogens is 196 g/mol. The normalized spacial score (nSPS) is 15.4. The number of hydrogen-bond acceptors (Lipinski definition) is 1. The molecule has 0 spiro atoms. The van der Waals surface area contributed by atoms with E-state index in [9.17, 15) is 8.78 Å². The first-order chi connectivity index (χ1) is 6.93. The second kappa shape index (κ2) is 4.71. The van der Waals surface area contributed by atoms with Gasteiger partial charge in [0.25, 0.3) is 0 Å². The Hall–Kier alpha value is -0.960. The van der Waals surface area contributed by atoms with Crippen LogP contribution in [0.5, 0.6) is 0 Å². The third-order valence-corrected chi connectivity index (χ3v) is 2.82. The smallest absolute Gasteiger partial charge is 0.159 e. The van der Waals surface area contributed by atoms with Crippen molar-refractivity contribution >= 4 is 0 Å². The molecule has 3 heteroatoms. The fourth-order valence-electron chi connectivity index (χ4n) is 1.60. The molecule has 0 aliphatic carbocycles. The summed E-state index contributed by atoms with van der Waals surface area (Å²) in [6.07, 6.45) is 0. The molecule has 0 aliphatic heterocycles. The van der Waals surface area contributed by atoms with Crippen molar-refractivity contribution in [1.29, 1.82) is 0 Å². The number of rotatable bonds is 3. The lowest BCUT2D eigenvalue weighted by Crippen LogP contribution is -2.32. The lowest BCUT2D eigenvalue weighted by molar-refractivity contribution is 0.431. The van der Waals surface area contributed by atoms with E-state index in [-0.39, 0.29) is 12.0 Å². The molecule has 15 heavy (non-hydrogen) atoms. The van der Waals surface area contributed by atoms with E-state index in [0.717, 1.165) is 11.6 Å². The predicted octanol–water partition coefficient (Wildman–Crippen LogP) is 3.05. The SMILES string of the molecule is CC(C)C(N)C(C)c1ccc(F)c(F)c1. The van der Waals surface area contributed by atoms with E-state index in [1.165, 1.54) is 6.07 Å². The number of nitrogens with two attached hydrogens (primary N) is 1. The molecule has 2 unspecified atom stereocenters. The van der Waals surface area contributed by atoms with Crippen LogP contribution in [-0.2, 0) is 0 Å². The van der Waals surface area contributed by atoms with Gasteiger partial charge in [-0.25, -0.2) is 8.78 Å². The van der Waals surface area contributed by atoms with Crippen LogP contribution in [0.2, 0.25) is 0 Å². The summed E-state index contributed by atoms with van der Waals surface area (Å²) < 4.78 is 25.7. The van der Waals surface area contributed by atoms with Gasteiger partial charge in [0.1, 0.15) is 0 Å². The van der Waals surface area contributed by atoms with E-state index in [2.05, 4.69) is 0 Å². The van der Waals surface area contributed by atoms with E-state index in [4.69, 9.17) is 5.73 Å². The Kier molecular flexibility index (Phi) is 3.80. The number of halogens is 2. The minimum Gasteiger partial charge on any atom is -0.327 e. The van der Waals surface area contributed by atoms with Gasteiger partial charge in [-0.1, -0.05) is 26.8 Å². The van der Waals surface area contributed by atoms with Crippen LogP contribution in [0.25, 0.3) is 0 Å². The molecule has 0 aliphatic rings.